The van der Waals surface area contributed by atoms with Gasteiger partial charge in [-0.25, -0.2) is 0 Å². The van der Waals surface area contributed by atoms with Crippen molar-refractivity contribution in [2.75, 3.05) is 13.2 Å². The summed E-state index contributed by atoms with van der Waals surface area (Å²) in [7, 11) is 0. The predicted molar refractivity (Wildman–Crippen MR) is 76.9 cm³/mol. The molecule has 19 heavy (non-hydrogen) atoms. The van der Waals surface area contributed by atoms with Crippen LogP contribution in [0.2, 0.25) is 0 Å². The fourth-order valence-corrected chi connectivity index (χ4v) is 1.70. The monoisotopic (exact) mass is 259 g/mol. The molecule has 1 aromatic carbocycles. The van der Waals surface area contributed by atoms with E-state index in [0.717, 1.165) is 17.5 Å². The quantitative estimate of drug-likeness (QED) is 0.814. The molecule has 3 heteroatoms. The molecule has 1 aromatic rings. The summed E-state index contributed by atoms with van der Waals surface area (Å²) >= 11 is 0. The van der Waals surface area contributed by atoms with Gasteiger partial charge < -0.3 is 10.4 Å². The summed E-state index contributed by atoms with van der Waals surface area (Å²) in [6.45, 7) is 6.68. The molecule has 0 spiro atoms. The van der Waals surface area contributed by atoms with Crippen molar-refractivity contribution in [2.45, 2.75) is 27.2 Å². The SMILES string of the molecule is Cc1cc(C#CCO)cc(C(=O)NCCC(C)C)c1. The molecule has 102 valence electrons. The summed E-state index contributed by atoms with van der Waals surface area (Å²) in [5.74, 6) is 5.91. The topological polar surface area (TPSA) is 49.3 Å². The standard InChI is InChI=1S/C16H21NO2/c1-12(2)6-7-17-16(19)15-10-13(3)9-14(11-15)5-4-8-18/h9-12,18H,6-8H2,1-3H3,(H,17,19). The van der Waals surface area contributed by atoms with Gasteiger partial charge in [-0.2, -0.15) is 0 Å². The molecule has 1 rings (SSSR count). The minimum atomic E-state index is -0.177. The number of rotatable bonds is 4. The Balaban J connectivity index is 2.76. The van der Waals surface area contributed by atoms with Gasteiger partial charge in [-0.15, -0.1) is 0 Å². The van der Waals surface area contributed by atoms with Gasteiger partial charge in [0.05, 0.1) is 0 Å². The van der Waals surface area contributed by atoms with Crippen LogP contribution in [0.4, 0.5) is 0 Å². The molecule has 0 unspecified atom stereocenters. The van der Waals surface area contributed by atoms with E-state index in [1.54, 1.807) is 6.07 Å². The summed E-state index contributed by atoms with van der Waals surface area (Å²) in [5.41, 5.74) is 2.35. The molecule has 0 heterocycles. The van der Waals surface area contributed by atoms with Gasteiger partial charge >= 0.3 is 0 Å². The molecular weight excluding hydrogens is 238 g/mol. The molecule has 0 saturated heterocycles. The van der Waals surface area contributed by atoms with Crippen molar-refractivity contribution < 1.29 is 9.90 Å². The average molecular weight is 259 g/mol. The van der Waals surface area contributed by atoms with Crippen LogP contribution in [-0.4, -0.2) is 24.2 Å². The fourth-order valence-electron chi connectivity index (χ4n) is 1.70. The highest BCUT2D eigenvalue weighted by atomic mass is 16.2. The number of aryl methyl sites for hydroxylation is 1. The average Bonchev–Trinajstić information content (AvgIpc) is 2.35. The number of aliphatic hydroxyl groups excluding tert-OH is 1. The lowest BCUT2D eigenvalue weighted by Crippen LogP contribution is -2.25. The van der Waals surface area contributed by atoms with E-state index in [4.69, 9.17) is 5.11 Å². The second kappa shape index (κ2) is 7.60. The minimum Gasteiger partial charge on any atom is -0.384 e. The van der Waals surface area contributed by atoms with Gasteiger partial charge in [-0.05, 0) is 43.0 Å². The first-order valence-electron chi connectivity index (χ1n) is 6.52. The van der Waals surface area contributed by atoms with Crippen molar-refractivity contribution in [3.8, 4) is 11.8 Å². The molecule has 0 aliphatic heterocycles. The van der Waals surface area contributed by atoms with Gasteiger partial charge in [0.1, 0.15) is 6.61 Å². The first-order chi connectivity index (χ1) is 9.02. The second-order valence-electron chi connectivity index (χ2n) is 4.99. The normalized spacial score (nSPS) is 9.95. The van der Waals surface area contributed by atoms with E-state index >= 15 is 0 Å². The highest BCUT2D eigenvalue weighted by molar-refractivity contribution is 5.94. The van der Waals surface area contributed by atoms with E-state index in [0.29, 0.717) is 18.0 Å². The third-order valence-electron chi connectivity index (χ3n) is 2.66. The number of amides is 1. The van der Waals surface area contributed by atoms with Crippen molar-refractivity contribution in [3.63, 3.8) is 0 Å². The third-order valence-corrected chi connectivity index (χ3v) is 2.66. The van der Waals surface area contributed by atoms with Gasteiger partial charge in [0, 0.05) is 17.7 Å². The lowest BCUT2D eigenvalue weighted by atomic mass is 10.1. The Kier molecular flexibility index (Phi) is 6.11. The van der Waals surface area contributed by atoms with E-state index < -0.39 is 0 Å². The van der Waals surface area contributed by atoms with Crippen LogP contribution in [0.15, 0.2) is 18.2 Å². The molecule has 0 aliphatic carbocycles. The van der Waals surface area contributed by atoms with Crippen molar-refractivity contribution in [3.05, 3.63) is 34.9 Å². The Labute approximate surface area is 115 Å². The summed E-state index contributed by atoms with van der Waals surface area (Å²) in [4.78, 5) is 12.0. The first-order valence-corrected chi connectivity index (χ1v) is 6.52. The highest BCUT2D eigenvalue weighted by Crippen LogP contribution is 2.09. The Hall–Kier alpha value is -1.79. The largest absolute Gasteiger partial charge is 0.384 e. The lowest BCUT2D eigenvalue weighted by Gasteiger charge is -2.08. The summed E-state index contributed by atoms with van der Waals surface area (Å²) < 4.78 is 0. The van der Waals surface area contributed by atoms with Crippen LogP contribution in [0.5, 0.6) is 0 Å². The Bertz CT molecular complexity index is 495. The molecule has 1 amide bonds. The first kappa shape index (κ1) is 15.3. The molecule has 0 aromatic heterocycles. The number of nitrogens with one attached hydrogen (secondary N) is 1. The van der Waals surface area contributed by atoms with Gasteiger partial charge in [0.2, 0.25) is 0 Å². The zero-order valence-corrected chi connectivity index (χ0v) is 11.8. The summed E-state index contributed by atoms with van der Waals surface area (Å²) in [6.07, 6.45) is 0.967. The van der Waals surface area contributed by atoms with Crippen LogP contribution in [0.1, 0.15) is 41.8 Å². The highest BCUT2D eigenvalue weighted by Gasteiger charge is 2.07. The van der Waals surface area contributed by atoms with E-state index in [1.807, 2.05) is 19.1 Å². The second-order valence-corrected chi connectivity index (χ2v) is 4.99. The maximum Gasteiger partial charge on any atom is 0.251 e. The zero-order chi connectivity index (χ0) is 14.3. The molecule has 2 N–H and O–H groups in total. The van der Waals surface area contributed by atoms with Gasteiger partial charge in [-0.3, -0.25) is 4.79 Å². The fraction of sp³-hybridized carbons (Fsp3) is 0.438. The van der Waals surface area contributed by atoms with Crippen LogP contribution < -0.4 is 5.32 Å². The van der Waals surface area contributed by atoms with Crippen LogP contribution in [0.3, 0.4) is 0 Å². The summed E-state index contributed by atoms with van der Waals surface area (Å²) in [5, 5.41) is 11.6. The number of carbonyl (C=O) groups is 1. The molecule has 0 radical (unpaired) electrons. The number of benzene rings is 1. The smallest absolute Gasteiger partial charge is 0.251 e. The number of hydrogen-bond acceptors (Lipinski definition) is 2. The van der Waals surface area contributed by atoms with Crippen LogP contribution >= 0.6 is 0 Å². The van der Waals surface area contributed by atoms with Crippen molar-refractivity contribution >= 4 is 5.91 Å². The van der Waals surface area contributed by atoms with E-state index in [9.17, 15) is 4.79 Å². The molecule has 0 fully saturated rings. The van der Waals surface area contributed by atoms with Crippen LogP contribution in [0, 0.1) is 24.7 Å². The van der Waals surface area contributed by atoms with Crippen molar-refractivity contribution in [1.29, 1.82) is 0 Å². The van der Waals surface area contributed by atoms with E-state index in [-0.39, 0.29) is 12.5 Å². The number of aliphatic hydroxyl groups is 1. The molecule has 0 atom stereocenters. The van der Waals surface area contributed by atoms with Gasteiger partial charge in [-0.1, -0.05) is 25.7 Å². The molecular formula is C16H21NO2. The number of hydrogen-bond donors (Lipinski definition) is 2. The van der Waals surface area contributed by atoms with Crippen molar-refractivity contribution in [2.24, 2.45) is 5.92 Å². The van der Waals surface area contributed by atoms with E-state index in [2.05, 4.69) is 31.0 Å². The summed E-state index contributed by atoms with van der Waals surface area (Å²) in [6, 6.07) is 5.49. The maximum absolute atomic E-state index is 12.0. The molecule has 0 aliphatic rings. The van der Waals surface area contributed by atoms with E-state index in [1.165, 1.54) is 0 Å². The molecule has 3 nitrogen and oxygen atoms in total. The Morgan fingerprint density at radius 2 is 2.11 bits per heavy atom. The van der Waals surface area contributed by atoms with Gasteiger partial charge in [0.25, 0.3) is 5.91 Å². The zero-order valence-electron chi connectivity index (χ0n) is 11.8. The van der Waals surface area contributed by atoms with Crippen LogP contribution in [-0.2, 0) is 0 Å². The van der Waals surface area contributed by atoms with Crippen molar-refractivity contribution in [1.82, 2.24) is 5.32 Å². The van der Waals surface area contributed by atoms with Crippen LogP contribution in [0.25, 0.3) is 0 Å². The Morgan fingerprint density at radius 3 is 2.74 bits per heavy atom. The molecule has 0 bridgehead atoms. The van der Waals surface area contributed by atoms with Gasteiger partial charge in [0.15, 0.2) is 0 Å². The number of carbonyl (C=O) groups excluding carboxylic acids is 1. The minimum absolute atomic E-state index is 0.0728. The third kappa shape index (κ3) is 5.58. The lowest BCUT2D eigenvalue weighted by molar-refractivity contribution is 0.0952. The maximum atomic E-state index is 12.0. The predicted octanol–water partition coefficient (Wildman–Crippen LogP) is 2.11. The molecule has 0 saturated carbocycles. The Morgan fingerprint density at radius 1 is 1.37 bits per heavy atom.